The third-order valence-corrected chi connectivity index (χ3v) is 4.93. The average Bonchev–Trinajstić information content (AvgIpc) is 2.37. The zero-order chi connectivity index (χ0) is 14.8. The van der Waals surface area contributed by atoms with Crippen molar-refractivity contribution in [3.8, 4) is 0 Å². The van der Waals surface area contributed by atoms with Gasteiger partial charge in [-0.15, -0.1) is 0 Å². The van der Waals surface area contributed by atoms with Crippen LogP contribution < -0.4 is 5.73 Å². The number of hydrogen-bond donors (Lipinski definition) is 1. The third-order valence-electron chi connectivity index (χ3n) is 4.93. The van der Waals surface area contributed by atoms with Crippen LogP contribution in [0.1, 0.15) is 70.4 Å². The predicted octanol–water partition coefficient (Wildman–Crippen LogP) is 4.90. The van der Waals surface area contributed by atoms with Gasteiger partial charge in [0.1, 0.15) is 0 Å². The molecule has 1 aliphatic carbocycles. The van der Waals surface area contributed by atoms with Crippen LogP contribution >= 0.6 is 0 Å². The van der Waals surface area contributed by atoms with E-state index in [0.717, 1.165) is 18.3 Å². The molecule has 1 heteroatoms. The number of hydrogen-bond acceptors (Lipinski definition) is 1. The lowest BCUT2D eigenvalue weighted by molar-refractivity contribution is 0.169. The summed E-state index contributed by atoms with van der Waals surface area (Å²) in [5.41, 5.74) is 9.33. The second-order valence-electron chi connectivity index (χ2n) is 7.84. The van der Waals surface area contributed by atoms with Crippen molar-refractivity contribution in [2.24, 2.45) is 17.1 Å². The van der Waals surface area contributed by atoms with Gasteiger partial charge in [-0.2, -0.15) is 0 Å². The Labute approximate surface area is 125 Å². The molecule has 0 radical (unpaired) electrons. The van der Waals surface area contributed by atoms with Crippen molar-refractivity contribution < 1.29 is 0 Å². The van der Waals surface area contributed by atoms with Crippen LogP contribution in [0.5, 0.6) is 0 Å². The summed E-state index contributed by atoms with van der Waals surface area (Å²) in [6, 6.07) is 9.39. The summed E-state index contributed by atoms with van der Waals surface area (Å²) in [5, 5.41) is 0. The first kappa shape index (κ1) is 15.6. The Morgan fingerprint density at radius 3 is 2.35 bits per heavy atom. The average molecular weight is 273 g/mol. The largest absolute Gasteiger partial charge is 0.328 e. The molecule has 20 heavy (non-hydrogen) atoms. The molecule has 1 atom stereocenters. The molecule has 1 saturated carbocycles. The van der Waals surface area contributed by atoms with Gasteiger partial charge in [-0.1, -0.05) is 45.0 Å². The Bertz CT molecular complexity index is 420. The van der Waals surface area contributed by atoms with E-state index in [9.17, 15) is 0 Å². The summed E-state index contributed by atoms with van der Waals surface area (Å²) in [6.45, 7) is 9.25. The lowest BCUT2D eigenvalue weighted by Gasteiger charge is -2.37. The van der Waals surface area contributed by atoms with E-state index < -0.39 is 0 Å². The second-order valence-corrected chi connectivity index (χ2v) is 7.84. The van der Waals surface area contributed by atoms with Gasteiger partial charge in [-0.3, -0.25) is 0 Å². The predicted molar refractivity (Wildman–Crippen MR) is 87.9 cm³/mol. The molecule has 1 unspecified atom stereocenters. The summed E-state index contributed by atoms with van der Waals surface area (Å²) in [6.07, 6.45) is 6.45. The highest BCUT2D eigenvalue weighted by Gasteiger charge is 2.30. The molecule has 2 N–H and O–H groups in total. The SMILES string of the molecule is CC(N)Cc1cccc(C2CCC(C(C)(C)C)CC2)c1. The maximum atomic E-state index is 5.92. The minimum absolute atomic E-state index is 0.252. The van der Waals surface area contributed by atoms with Gasteiger partial charge < -0.3 is 5.73 Å². The molecule has 0 aromatic heterocycles. The lowest BCUT2D eigenvalue weighted by atomic mass is 9.68. The van der Waals surface area contributed by atoms with Crippen molar-refractivity contribution >= 4 is 0 Å². The van der Waals surface area contributed by atoms with E-state index in [-0.39, 0.29) is 6.04 Å². The third kappa shape index (κ3) is 4.09. The number of nitrogens with two attached hydrogens (primary N) is 1. The molecule has 0 saturated heterocycles. The molecule has 0 bridgehead atoms. The fraction of sp³-hybridized carbons (Fsp3) is 0.684. The van der Waals surface area contributed by atoms with Crippen LogP contribution in [0.3, 0.4) is 0 Å². The Morgan fingerprint density at radius 2 is 1.80 bits per heavy atom. The molecule has 0 heterocycles. The van der Waals surface area contributed by atoms with Gasteiger partial charge in [0.05, 0.1) is 0 Å². The number of benzene rings is 1. The van der Waals surface area contributed by atoms with Crippen LogP contribution in [-0.4, -0.2) is 6.04 Å². The van der Waals surface area contributed by atoms with Crippen LogP contribution in [-0.2, 0) is 6.42 Å². The topological polar surface area (TPSA) is 26.0 Å². The van der Waals surface area contributed by atoms with Crippen molar-refractivity contribution in [1.29, 1.82) is 0 Å². The van der Waals surface area contributed by atoms with Gasteiger partial charge in [0, 0.05) is 6.04 Å². The van der Waals surface area contributed by atoms with E-state index in [1.165, 1.54) is 36.8 Å². The van der Waals surface area contributed by atoms with Crippen molar-refractivity contribution in [3.05, 3.63) is 35.4 Å². The Kier molecular flexibility index (Phi) is 4.90. The molecule has 1 aromatic rings. The molecule has 112 valence electrons. The molecular weight excluding hydrogens is 242 g/mol. The van der Waals surface area contributed by atoms with Crippen LogP contribution in [0.2, 0.25) is 0 Å². The van der Waals surface area contributed by atoms with Crippen LogP contribution in [0.4, 0.5) is 0 Å². The van der Waals surface area contributed by atoms with Crippen LogP contribution in [0.25, 0.3) is 0 Å². The van der Waals surface area contributed by atoms with Gasteiger partial charge in [-0.05, 0) is 67.4 Å². The van der Waals surface area contributed by atoms with E-state index in [0.29, 0.717) is 5.41 Å². The highest BCUT2D eigenvalue weighted by molar-refractivity contribution is 5.27. The Morgan fingerprint density at radius 1 is 1.15 bits per heavy atom. The van der Waals surface area contributed by atoms with Gasteiger partial charge in [0.15, 0.2) is 0 Å². The Hall–Kier alpha value is -0.820. The molecule has 0 spiro atoms. The van der Waals surface area contributed by atoms with Crippen molar-refractivity contribution in [1.82, 2.24) is 0 Å². The lowest BCUT2D eigenvalue weighted by Crippen LogP contribution is -2.25. The van der Waals surface area contributed by atoms with Crippen molar-refractivity contribution in [3.63, 3.8) is 0 Å². The Balaban J connectivity index is 2.00. The van der Waals surface area contributed by atoms with E-state index >= 15 is 0 Å². The molecule has 0 aliphatic heterocycles. The summed E-state index contributed by atoms with van der Waals surface area (Å²) in [5.74, 6) is 1.66. The van der Waals surface area contributed by atoms with Gasteiger partial charge in [-0.25, -0.2) is 0 Å². The fourth-order valence-electron chi connectivity index (χ4n) is 3.64. The quantitative estimate of drug-likeness (QED) is 0.833. The van der Waals surface area contributed by atoms with E-state index in [1.54, 1.807) is 0 Å². The van der Waals surface area contributed by atoms with Gasteiger partial charge in [0.25, 0.3) is 0 Å². The summed E-state index contributed by atoms with van der Waals surface area (Å²) in [4.78, 5) is 0. The zero-order valence-corrected chi connectivity index (χ0v) is 13.7. The maximum absolute atomic E-state index is 5.92. The monoisotopic (exact) mass is 273 g/mol. The van der Waals surface area contributed by atoms with Crippen molar-refractivity contribution in [2.45, 2.75) is 71.8 Å². The molecule has 1 aromatic carbocycles. The summed E-state index contributed by atoms with van der Waals surface area (Å²) < 4.78 is 0. The standard InChI is InChI=1S/C19H31N/c1-14(20)12-15-6-5-7-17(13-15)16-8-10-18(11-9-16)19(2,3)4/h5-7,13-14,16,18H,8-12,20H2,1-4H3. The highest BCUT2D eigenvalue weighted by Crippen LogP contribution is 2.43. The molecule has 0 amide bonds. The zero-order valence-electron chi connectivity index (χ0n) is 13.7. The van der Waals surface area contributed by atoms with Crippen molar-refractivity contribution in [2.75, 3.05) is 0 Å². The molecule has 1 nitrogen and oxygen atoms in total. The highest BCUT2D eigenvalue weighted by atomic mass is 14.6. The first-order valence-electron chi connectivity index (χ1n) is 8.20. The number of rotatable bonds is 3. The molecule has 2 rings (SSSR count). The minimum atomic E-state index is 0.252. The maximum Gasteiger partial charge on any atom is 0.00509 e. The van der Waals surface area contributed by atoms with E-state index in [1.807, 2.05) is 0 Å². The first-order chi connectivity index (χ1) is 9.36. The summed E-state index contributed by atoms with van der Waals surface area (Å²) >= 11 is 0. The van der Waals surface area contributed by atoms with Gasteiger partial charge >= 0.3 is 0 Å². The molecule has 1 fully saturated rings. The fourth-order valence-corrected chi connectivity index (χ4v) is 3.64. The molecular formula is C19H31N. The molecule has 1 aliphatic rings. The first-order valence-corrected chi connectivity index (χ1v) is 8.20. The normalized spacial score (nSPS) is 25.4. The van der Waals surface area contributed by atoms with Crippen LogP contribution in [0, 0.1) is 11.3 Å². The van der Waals surface area contributed by atoms with E-state index in [4.69, 9.17) is 5.73 Å². The van der Waals surface area contributed by atoms with Gasteiger partial charge in [0.2, 0.25) is 0 Å². The minimum Gasteiger partial charge on any atom is -0.328 e. The smallest absolute Gasteiger partial charge is 0.00509 e. The second kappa shape index (κ2) is 6.30. The van der Waals surface area contributed by atoms with E-state index in [2.05, 4.69) is 52.0 Å². The summed E-state index contributed by atoms with van der Waals surface area (Å²) in [7, 11) is 0. The van der Waals surface area contributed by atoms with Crippen LogP contribution in [0.15, 0.2) is 24.3 Å².